The van der Waals surface area contributed by atoms with Crippen LogP contribution in [0.5, 0.6) is 0 Å². The maximum atomic E-state index is 6.27. The van der Waals surface area contributed by atoms with Gasteiger partial charge in [-0.05, 0) is 52.0 Å². The van der Waals surface area contributed by atoms with Crippen molar-refractivity contribution in [2.24, 2.45) is 0 Å². The number of benzene rings is 1. The molecule has 1 fully saturated rings. The molecular formula is C18H23Cl2N5. The summed E-state index contributed by atoms with van der Waals surface area (Å²) in [6.45, 7) is 1.86. The van der Waals surface area contributed by atoms with Gasteiger partial charge < -0.3 is 15.5 Å². The molecule has 1 aromatic heterocycles. The fourth-order valence-electron chi connectivity index (χ4n) is 2.53. The van der Waals surface area contributed by atoms with Crippen LogP contribution in [-0.4, -0.2) is 42.1 Å². The van der Waals surface area contributed by atoms with Crippen molar-refractivity contribution in [3.63, 3.8) is 0 Å². The highest BCUT2D eigenvalue weighted by molar-refractivity contribution is 6.43. The number of nitrogens with one attached hydrogen (secondary N) is 2. The number of nitrogens with zero attached hydrogens (tertiary/aromatic N) is 3. The quantitative estimate of drug-likeness (QED) is 0.647. The molecule has 1 aliphatic carbocycles. The van der Waals surface area contributed by atoms with Crippen LogP contribution in [0.25, 0.3) is 0 Å². The molecule has 1 heterocycles. The molecule has 0 bridgehead atoms. The molecule has 2 N–H and O–H groups in total. The summed E-state index contributed by atoms with van der Waals surface area (Å²) in [5.74, 6) is 1.93. The van der Waals surface area contributed by atoms with Crippen molar-refractivity contribution >= 4 is 40.7 Å². The first-order valence-electron chi connectivity index (χ1n) is 8.51. The zero-order valence-corrected chi connectivity index (χ0v) is 16.0. The van der Waals surface area contributed by atoms with Gasteiger partial charge in [0.2, 0.25) is 5.95 Å². The highest BCUT2D eigenvalue weighted by atomic mass is 35.5. The topological polar surface area (TPSA) is 53.1 Å². The number of halogens is 2. The van der Waals surface area contributed by atoms with Gasteiger partial charge in [0.15, 0.2) is 0 Å². The van der Waals surface area contributed by atoms with Crippen LogP contribution in [-0.2, 0) is 0 Å². The zero-order chi connectivity index (χ0) is 17.8. The van der Waals surface area contributed by atoms with Crippen LogP contribution >= 0.6 is 23.2 Å². The van der Waals surface area contributed by atoms with Crippen LogP contribution in [0.3, 0.4) is 0 Å². The second-order valence-corrected chi connectivity index (χ2v) is 7.37. The molecule has 0 atom stereocenters. The lowest BCUT2D eigenvalue weighted by Crippen LogP contribution is -2.17. The van der Waals surface area contributed by atoms with Crippen LogP contribution < -0.4 is 10.6 Å². The fraction of sp³-hybridized carbons (Fsp3) is 0.444. The summed E-state index contributed by atoms with van der Waals surface area (Å²) < 4.78 is 0. The smallest absolute Gasteiger partial charge is 0.224 e. The molecule has 1 saturated carbocycles. The molecular weight excluding hydrogens is 357 g/mol. The Labute approximate surface area is 158 Å². The third-order valence-electron chi connectivity index (χ3n) is 4.02. The predicted molar refractivity (Wildman–Crippen MR) is 105 cm³/mol. The fourth-order valence-corrected chi connectivity index (χ4v) is 2.88. The van der Waals surface area contributed by atoms with Gasteiger partial charge >= 0.3 is 0 Å². The number of rotatable bonds is 8. The lowest BCUT2D eigenvalue weighted by atomic mass is 10.2. The van der Waals surface area contributed by atoms with Gasteiger partial charge in [-0.1, -0.05) is 29.3 Å². The van der Waals surface area contributed by atoms with Gasteiger partial charge in [0.05, 0.1) is 21.4 Å². The molecule has 7 heteroatoms. The highest BCUT2D eigenvalue weighted by Gasteiger charge is 2.26. The molecule has 0 saturated heterocycles. The van der Waals surface area contributed by atoms with Crippen molar-refractivity contribution in [3.05, 3.63) is 40.0 Å². The summed E-state index contributed by atoms with van der Waals surface area (Å²) in [5, 5.41) is 7.61. The molecule has 1 aromatic carbocycles. The Morgan fingerprint density at radius 2 is 2.00 bits per heavy atom. The van der Waals surface area contributed by atoms with Crippen molar-refractivity contribution in [2.75, 3.05) is 37.8 Å². The number of hydrogen-bond acceptors (Lipinski definition) is 5. The van der Waals surface area contributed by atoms with E-state index < -0.39 is 0 Å². The van der Waals surface area contributed by atoms with E-state index in [1.54, 1.807) is 6.07 Å². The monoisotopic (exact) mass is 379 g/mol. The van der Waals surface area contributed by atoms with E-state index in [9.17, 15) is 0 Å². The van der Waals surface area contributed by atoms with E-state index in [1.165, 1.54) is 12.8 Å². The first-order chi connectivity index (χ1) is 12.0. The summed E-state index contributed by atoms with van der Waals surface area (Å²) in [7, 11) is 4.14. The zero-order valence-electron chi connectivity index (χ0n) is 14.5. The number of anilines is 3. The van der Waals surface area contributed by atoms with Crippen molar-refractivity contribution in [3.8, 4) is 0 Å². The molecule has 0 aliphatic heterocycles. The molecule has 2 aromatic rings. The van der Waals surface area contributed by atoms with Gasteiger partial charge in [0.1, 0.15) is 5.82 Å². The Kier molecular flexibility index (Phi) is 5.99. The van der Waals surface area contributed by atoms with Gasteiger partial charge in [0, 0.05) is 18.5 Å². The van der Waals surface area contributed by atoms with Gasteiger partial charge in [-0.25, -0.2) is 4.98 Å². The van der Waals surface area contributed by atoms with E-state index in [0.717, 1.165) is 36.7 Å². The summed E-state index contributed by atoms with van der Waals surface area (Å²) in [5.41, 5.74) is 1.82. The van der Waals surface area contributed by atoms with Crippen LogP contribution in [0.2, 0.25) is 10.0 Å². The summed E-state index contributed by atoms with van der Waals surface area (Å²) in [6.07, 6.45) is 3.41. The molecule has 0 spiro atoms. The van der Waals surface area contributed by atoms with Gasteiger partial charge in [0.25, 0.3) is 0 Å². The van der Waals surface area contributed by atoms with Crippen molar-refractivity contribution in [1.82, 2.24) is 14.9 Å². The molecule has 134 valence electrons. The van der Waals surface area contributed by atoms with E-state index in [0.29, 0.717) is 21.9 Å². The van der Waals surface area contributed by atoms with E-state index in [4.69, 9.17) is 23.2 Å². The molecule has 25 heavy (non-hydrogen) atoms. The molecule has 3 rings (SSSR count). The Hall–Kier alpha value is -1.56. The van der Waals surface area contributed by atoms with Crippen LogP contribution in [0.4, 0.5) is 17.5 Å². The third-order valence-corrected chi connectivity index (χ3v) is 4.84. The molecule has 0 radical (unpaired) electrons. The first-order valence-corrected chi connectivity index (χ1v) is 9.27. The van der Waals surface area contributed by atoms with Crippen molar-refractivity contribution in [2.45, 2.75) is 25.2 Å². The maximum Gasteiger partial charge on any atom is 0.224 e. The molecule has 5 nitrogen and oxygen atoms in total. The standard InChI is InChI=1S/C18H23Cl2N5/c1-25(2)10-4-9-21-18-23-15(12-7-8-12)11-16(24-18)22-14-6-3-5-13(19)17(14)20/h3,5-6,11-12H,4,7-10H2,1-2H3,(H2,21,22,23,24). The lowest BCUT2D eigenvalue weighted by molar-refractivity contribution is 0.405. The van der Waals surface area contributed by atoms with Gasteiger partial charge in [-0.15, -0.1) is 0 Å². The van der Waals surface area contributed by atoms with E-state index in [1.807, 2.05) is 18.2 Å². The van der Waals surface area contributed by atoms with Gasteiger partial charge in [-0.3, -0.25) is 0 Å². The maximum absolute atomic E-state index is 6.27. The summed E-state index contributed by atoms with van der Waals surface area (Å²) >= 11 is 12.4. The minimum atomic E-state index is 0.497. The van der Waals surface area contributed by atoms with Crippen LogP contribution in [0, 0.1) is 0 Å². The largest absolute Gasteiger partial charge is 0.354 e. The Morgan fingerprint density at radius 1 is 1.20 bits per heavy atom. The summed E-state index contributed by atoms with van der Waals surface area (Å²) in [6, 6.07) is 7.51. The number of aromatic nitrogens is 2. The number of hydrogen-bond donors (Lipinski definition) is 2. The SMILES string of the molecule is CN(C)CCCNc1nc(Nc2cccc(Cl)c2Cl)cc(C2CC2)n1. The van der Waals surface area contributed by atoms with E-state index >= 15 is 0 Å². The third kappa shape index (κ3) is 5.21. The second-order valence-electron chi connectivity index (χ2n) is 6.59. The average molecular weight is 380 g/mol. The highest BCUT2D eigenvalue weighted by Crippen LogP contribution is 2.40. The minimum absolute atomic E-state index is 0.497. The minimum Gasteiger partial charge on any atom is -0.354 e. The lowest BCUT2D eigenvalue weighted by Gasteiger charge is -2.13. The van der Waals surface area contributed by atoms with E-state index in [-0.39, 0.29) is 0 Å². The molecule has 0 amide bonds. The van der Waals surface area contributed by atoms with Crippen molar-refractivity contribution < 1.29 is 0 Å². The summed E-state index contributed by atoms with van der Waals surface area (Å²) in [4.78, 5) is 11.4. The Morgan fingerprint density at radius 3 is 2.72 bits per heavy atom. The Bertz CT molecular complexity index is 731. The molecule has 1 aliphatic rings. The Balaban J connectivity index is 1.75. The van der Waals surface area contributed by atoms with Crippen LogP contribution in [0.1, 0.15) is 30.9 Å². The normalized spacial score (nSPS) is 14.0. The predicted octanol–water partition coefficient (Wildman–Crippen LogP) is 4.77. The second kappa shape index (κ2) is 8.21. The first kappa shape index (κ1) is 18.2. The molecule has 0 unspecified atom stereocenters. The van der Waals surface area contributed by atoms with Crippen molar-refractivity contribution in [1.29, 1.82) is 0 Å². The van der Waals surface area contributed by atoms with E-state index in [2.05, 4.69) is 39.6 Å². The average Bonchev–Trinajstić information content (AvgIpc) is 3.41. The van der Waals surface area contributed by atoms with Gasteiger partial charge in [-0.2, -0.15) is 4.98 Å². The van der Waals surface area contributed by atoms with Crippen LogP contribution in [0.15, 0.2) is 24.3 Å².